The Balaban J connectivity index is 1.92. The summed E-state index contributed by atoms with van der Waals surface area (Å²) in [5, 5.41) is 4.54. The molecule has 2 aromatic heterocycles. The summed E-state index contributed by atoms with van der Waals surface area (Å²) in [5.41, 5.74) is 9.96. The predicted molar refractivity (Wildman–Crippen MR) is 174 cm³/mol. The van der Waals surface area contributed by atoms with E-state index < -0.39 is 0 Å². The summed E-state index contributed by atoms with van der Waals surface area (Å²) in [7, 11) is 2.74. The lowest BCUT2D eigenvalue weighted by Gasteiger charge is -2.04. The Kier molecular flexibility index (Phi) is 10.3. The van der Waals surface area contributed by atoms with Gasteiger partial charge in [0.15, 0.2) is 0 Å². The van der Waals surface area contributed by atoms with Crippen LogP contribution >= 0.6 is 0 Å². The van der Waals surface area contributed by atoms with Gasteiger partial charge < -0.3 is 24.8 Å². The Morgan fingerprint density at radius 2 is 1.36 bits per heavy atom. The smallest absolute Gasteiger partial charge is 0.305 e. The molecule has 0 spiro atoms. The highest BCUT2D eigenvalue weighted by atomic mass is 16.5. The highest BCUT2D eigenvalue weighted by Crippen LogP contribution is 2.28. The monoisotopic (exact) mass is 614 g/mol. The topological polar surface area (TPSA) is 143 Å². The molecule has 2 aliphatic rings. The van der Waals surface area contributed by atoms with E-state index in [1.165, 1.54) is 14.2 Å². The van der Waals surface area contributed by atoms with Crippen LogP contribution in [-0.4, -0.2) is 53.7 Å². The Bertz CT molecular complexity index is 1830. The van der Waals surface area contributed by atoms with Gasteiger partial charge >= 0.3 is 11.9 Å². The summed E-state index contributed by atoms with van der Waals surface area (Å²) in [5.74, 6) is -0.967. The zero-order valence-electron chi connectivity index (χ0n) is 27.4. The number of H-pyrrole nitrogens is 2. The number of carbonyl (C=O) groups is 4. The number of hydrogen-bond donors (Lipinski definition) is 3. The van der Waals surface area contributed by atoms with Crippen molar-refractivity contribution >= 4 is 47.7 Å². The number of rotatable bonds is 11. The highest BCUT2D eigenvalue weighted by molar-refractivity contribution is 6.30. The van der Waals surface area contributed by atoms with Gasteiger partial charge in [-0.15, -0.1) is 0 Å². The van der Waals surface area contributed by atoms with Gasteiger partial charge in [-0.3, -0.25) is 19.2 Å². The molecule has 4 heterocycles. The lowest BCUT2D eigenvalue weighted by Crippen LogP contribution is -2.15. The fourth-order valence-corrected chi connectivity index (χ4v) is 5.98. The molecule has 0 fully saturated rings. The Morgan fingerprint density at radius 1 is 0.733 bits per heavy atom. The van der Waals surface area contributed by atoms with E-state index in [-0.39, 0.29) is 36.6 Å². The molecule has 10 nitrogen and oxygen atoms in total. The van der Waals surface area contributed by atoms with Crippen LogP contribution in [0.15, 0.2) is 33.0 Å². The second kappa shape index (κ2) is 13.9. The summed E-state index contributed by atoms with van der Waals surface area (Å²) in [4.78, 5) is 60.3. The molecule has 0 atom stereocenters. The molecule has 0 unspecified atom stereocenters. The van der Waals surface area contributed by atoms with Crippen molar-refractivity contribution in [3.05, 3.63) is 72.3 Å². The summed E-state index contributed by atoms with van der Waals surface area (Å²) >= 11 is 0. The molecule has 2 aromatic rings. The predicted octanol–water partition coefficient (Wildman–Crippen LogP) is 3.69. The van der Waals surface area contributed by atoms with Crippen molar-refractivity contribution in [1.29, 1.82) is 0 Å². The summed E-state index contributed by atoms with van der Waals surface area (Å²) in [6.45, 7) is 11.6. The first kappa shape index (κ1) is 33.2. The third-order valence-electron chi connectivity index (χ3n) is 8.75. The van der Waals surface area contributed by atoms with Gasteiger partial charge in [0.1, 0.15) is 0 Å². The standard InChI is InChI=1S/C35H42N4O6/c1-9-22-20(5)34(42)38-28(22)15-26-18(3)24(11-13-32(40)44-7)30(36-26)17-31-25(12-14-33(41)45-8)19(4)27(37-31)16-29-23(10-2)21(6)35(43)39-29/h15-17,36-37H,9-14H2,1-8H3,(H,38,42)/b27-16-,28-15-,31-17-. The number of nitrogens with one attached hydrogen (secondary N) is 3. The fraction of sp³-hybridized carbons (Fsp3) is 0.400. The Morgan fingerprint density at radius 3 is 1.96 bits per heavy atom. The molecule has 4 rings (SSSR count). The van der Waals surface area contributed by atoms with Crippen molar-refractivity contribution in [2.75, 3.05) is 14.2 Å². The number of nitrogens with zero attached hydrogens (tertiary/aromatic N) is 1. The van der Waals surface area contributed by atoms with E-state index in [4.69, 9.17) is 9.47 Å². The summed E-state index contributed by atoms with van der Waals surface area (Å²) in [6, 6.07) is 0. The van der Waals surface area contributed by atoms with Crippen LogP contribution in [-0.2, 0) is 41.5 Å². The summed E-state index contributed by atoms with van der Waals surface area (Å²) in [6.07, 6.45) is 8.45. The number of aromatic amines is 2. The lowest BCUT2D eigenvalue weighted by atomic mass is 10.0. The minimum Gasteiger partial charge on any atom is -0.469 e. The zero-order chi connectivity index (χ0) is 33.0. The van der Waals surface area contributed by atoms with Crippen LogP contribution in [0, 0.1) is 13.8 Å². The number of hydrogen-bond acceptors (Lipinski definition) is 6. The van der Waals surface area contributed by atoms with Crippen molar-refractivity contribution in [1.82, 2.24) is 15.3 Å². The molecular formula is C35H42N4O6. The number of methoxy groups -OCH3 is 2. The number of aliphatic imine (C=N–C) groups is 1. The van der Waals surface area contributed by atoms with Crippen LogP contribution < -0.4 is 16.0 Å². The van der Waals surface area contributed by atoms with E-state index >= 15 is 0 Å². The highest BCUT2D eigenvalue weighted by Gasteiger charge is 2.24. The van der Waals surface area contributed by atoms with Gasteiger partial charge in [0.2, 0.25) is 0 Å². The van der Waals surface area contributed by atoms with Crippen molar-refractivity contribution in [2.24, 2.45) is 4.99 Å². The molecule has 0 saturated carbocycles. The molecule has 2 aliphatic heterocycles. The fourth-order valence-electron chi connectivity index (χ4n) is 5.98. The maximum atomic E-state index is 12.4. The van der Waals surface area contributed by atoms with Crippen molar-refractivity contribution in [3.63, 3.8) is 0 Å². The lowest BCUT2D eigenvalue weighted by molar-refractivity contribution is -0.141. The Hall–Kier alpha value is -4.73. The van der Waals surface area contributed by atoms with E-state index in [2.05, 4.69) is 20.3 Å². The normalized spacial score (nSPS) is 16.8. The zero-order valence-corrected chi connectivity index (χ0v) is 27.4. The molecule has 2 amide bonds. The van der Waals surface area contributed by atoms with Crippen LogP contribution in [0.4, 0.5) is 0 Å². The van der Waals surface area contributed by atoms with Gasteiger partial charge in [0.05, 0.1) is 19.9 Å². The molecule has 0 aromatic carbocycles. The van der Waals surface area contributed by atoms with Gasteiger partial charge in [0.25, 0.3) is 11.8 Å². The first-order valence-corrected chi connectivity index (χ1v) is 15.3. The third kappa shape index (κ3) is 6.84. The van der Waals surface area contributed by atoms with Gasteiger partial charge in [-0.2, -0.15) is 0 Å². The maximum Gasteiger partial charge on any atom is 0.305 e. The van der Waals surface area contributed by atoms with Crippen molar-refractivity contribution in [2.45, 2.75) is 80.1 Å². The van der Waals surface area contributed by atoms with Crippen LogP contribution in [0.1, 0.15) is 87.0 Å². The van der Waals surface area contributed by atoms with Crippen LogP contribution in [0.25, 0.3) is 18.2 Å². The number of allylic oxidation sites excluding steroid dienone is 2. The van der Waals surface area contributed by atoms with Crippen molar-refractivity contribution in [3.8, 4) is 0 Å². The van der Waals surface area contributed by atoms with Crippen LogP contribution in [0.2, 0.25) is 0 Å². The average molecular weight is 615 g/mol. The number of aromatic nitrogens is 2. The average Bonchev–Trinajstić information content (AvgIpc) is 3.67. The number of ether oxygens (including phenoxy) is 2. The SMILES string of the molecule is CCC1=C(C)C(=O)N=C1/C=c1\[nH]/c(=C\c2[nH]c(/C=C3\NC(=O)C(C)=C3CC)c(C)c2CCC(=O)OC)c(CCC(=O)OC)c1C. The number of esters is 2. The minimum absolute atomic E-state index is 0.106. The van der Waals surface area contributed by atoms with E-state index in [1.54, 1.807) is 6.92 Å². The van der Waals surface area contributed by atoms with Gasteiger partial charge in [-0.1, -0.05) is 13.8 Å². The minimum atomic E-state index is -0.318. The second-order valence-corrected chi connectivity index (χ2v) is 11.3. The molecule has 3 N–H and O–H groups in total. The van der Waals surface area contributed by atoms with E-state index in [9.17, 15) is 19.2 Å². The molecule has 0 aliphatic carbocycles. The number of amides is 2. The second-order valence-electron chi connectivity index (χ2n) is 11.3. The molecule has 0 bridgehead atoms. The first-order valence-electron chi connectivity index (χ1n) is 15.3. The largest absolute Gasteiger partial charge is 0.469 e. The molecule has 10 heteroatoms. The third-order valence-corrected chi connectivity index (χ3v) is 8.75. The number of carbonyl (C=O) groups excluding carboxylic acids is 4. The van der Waals surface area contributed by atoms with Gasteiger partial charge in [-0.25, -0.2) is 4.99 Å². The van der Waals surface area contributed by atoms with Gasteiger partial charge in [0, 0.05) is 51.8 Å². The first-order chi connectivity index (χ1) is 21.4. The molecule has 45 heavy (non-hydrogen) atoms. The maximum absolute atomic E-state index is 12.4. The Labute approximate surface area is 263 Å². The molecular weight excluding hydrogens is 572 g/mol. The van der Waals surface area contributed by atoms with Crippen LogP contribution in [0.3, 0.4) is 0 Å². The molecule has 0 saturated heterocycles. The van der Waals surface area contributed by atoms with Crippen molar-refractivity contribution < 1.29 is 28.7 Å². The summed E-state index contributed by atoms with van der Waals surface area (Å²) < 4.78 is 9.83. The van der Waals surface area contributed by atoms with E-state index in [1.807, 2.05) is 52.8 Å². The van der Waals surface area contributed by atoms with E-state index in [0.717, 1.165) is 61.2 Å². The quantitative estimate of drug-likeness (QED) is 0.330. The van der Waals surface area contributed by atoms with E-state index in [0.29, 0.717) is 42.5 Å². The van der Waals surface area contributed by atoms with Gasteiger partial charge in [-0.05, 0) is 105 Å². The van der Waals surface area contributed by atoms with Crippen LogP contribution in [0.5, 0.6) is 0 Å². The molecule has 238 valence electrons. The molecule has 0 radical (unpaired) electrons.